The molecule has 1 spiro atoms. The van der Waals surface area contributed by atoms with Crippen LogP contribution in [0.25, 0.3) is 0 Å². The fourth-order valence-electron chi connectivity index (χ4n) is 8.26. The first-order valence-corrected chi connectivity index (χ1v) is 16.2. The highest BCUT2D eigenvalue weighted by atomic mass is 16.3. The summed E-state index contributed by atoms with van der Waals surface area (Å²) in [5, 5.41) is 46.0. The van der Waals surface area contributed by atoms with Crippen LogP contribution in [0.1, 0.15) is 98.8 Å². The number of hydrogen-bond donors (Lipinski definition) is 4. The minimum Gasteiger partial charge on any atom is -0.396 e. The lowest BCUT2D eigenvalue weighted by Crippen LogP contribution is -2.63. The number of aliphatic hydroxyl groups is 4. The van der Waals surface area contributed by atoms with Crippen molar-refractivity contribution < 1.29 is 25.2 Å². The van der Waals surface area contributed by atoms with Gasteiger partial charge in [-0.25, -0.2) is 0 Å². The predicted molar refractivity (Wildman–Crippen MR) is 172 cm³/mol. The first-order chi connectivity index (χ1) is 19.9. The molecular formula is C37H56O5. The molecule has 0 heterocycles. The predicted octanol–water partition coefficient (Wildman–Crippen LogP) is 6.94. The number of hydrogen-bond acceptors (Lipinski definition) is 5. The van der Waals surface area contributed by atoms with Crippen molar-refractivity contribution in [3.63, 3.8) is 0 Å². The van der Waals surface area contributed by atoms with Crippen LogP contribution >= 0.6 is 0 Å². The highest BCUT2D eigenvalue weighted by Gasteiger charge is 2.67. The zero-order chi connectivity index (χ0) is 31.1. The lowest BCUT2D eigenvalue weighted by Gasteiger charge is -2.60. The van der Waals surface area contributed by atoms with E-state index in [2.05, 4.69) is 45.6 Å². The van der Waals surface area contributed by atoms with Crippen molar-refractivity contribution in [3.05, 3.63) is 70.9 Å². The van der Waals surface area contributed by atoms with E-state index in [-0.39, 0.29) is 30.3 Å². The van der Waals surface area contributed by atoms with E-state index in [1.165, 1.54) is 5.57 Å². The molecule has 0 aromatic carbocycles. The summed E-state index contributed by atoms with van der Waals surface area (Å²) in [7, 11) is 0. The molecule has 0 aromatic rings. The molecule has 3 aliphatic carbocycles. The van der Waals surface area contributed by atoms with E-state index in [4.69, 9.17) is 0 Å². The van der Waals surface area contributed by atoms with Crippen LogP contribution in [0.4, 0.5) is 0 Å². The van der Waals surface area contributed by atoms with Gasteiger partial charge in [-0.2, -0.15) is 0 Å². The molecule has 3 aliphatic rings. The molecule has 4 N–H and O–H groups in total. The first-order valence-electron chi connectivity index (χ1n) is 16.2. The van der Waals surface area contributed by atoms with E-state index in [9.17, 15) is 25.2 Å². The van der Waals surface area contributed by atoms with E-state index in [0.717, 1.165) is 55.1 Å². The zero-order valence-corrected chi connectivity index (χ0v) is 26.7. The van der Waals surface area contributed by atoms with Crippen molar-refractivity contribution in [2.45, 2.75) is 117 Å². The molecule has 0 amide bonds. The molecule has 0 aliphatic heterocycles. The fraction of sp³-hybridized carbons (Fsp3) is 0.649. The van der Waals surface area contributed by atoms with Crippen molar-refractivity contribution in [1.82, 2.24) is 0 Å². The molecular weight excluding hydrogens is 524 g/mol. The highest BCUT2D eigenvalue weighted by Crippen LogP contribution is 2.66. The quantitative estimate of drug-likeness (QED) is 0.0587. The fourth-order valence-corrected chi connectivity index (χ4v) is 8.26. The van der Waals surface area contributed by atoms with Crippen LogP contribution in [0.15, 0.2) is 70.9 Å². The molecule has 0 radical (unpaired) electrons. The minimum absolute atomic E-state index is 0.00900. The number of aliphatic hydroxyl groups excluding tert-OH is 3. The molecule has 8 atom stereocenters. The normalized spacial score (nSPS) is 34.6. The molecule has 0 aromatic heterocycles. The Morgan fingerprint density at radius 2 is 1.95 bits per heavy atom. The maximum Gasteiger partial charge on any atom is 0.145 e. The zero-order valence-electron chi connectivity index (χ0n) is 26.7. The van der Waals surface area contributed by atoms with Gasteiger partial charge >= 0.3 is 0 Å². The Kier molecular flexibility index (Phi) is 12.4. The van der Waals surface area contributed by atoms with Crippen LogP contribution < -0.4 is 0 Å². The second kappa shape index (κ2) is 15.1. The van der Waals surface area contributed by atoms with Crippen molar-refractivity contribution in [2.75, 3.05) is 6.61 Å². The van der Waals surface area contributed by atoms with Gasteiger partial charge in [-0.05, 0) is 95.6 Å². The Morgan fingerprint density at radius 1 is 1.21 bits per heavy atom. The summed E-state index contributed by atoms with van der Waals surface area (Å²) < 4.78 is 0. The summed E-state index contributed by atoms with van der Waals surface area (Å²) in [5.41, 5.74) is 2.67. The molecule has 234 valence electrons. The van der Waals surface area contributed by atoms with Gasteiger partial charge in [-0.1, -0.05) is 85.9 Å². The molecule has 5 nitrogen and oxygen atoms in total. The Morgan fingerprint density at radius 3 is 2.60 bits per heavy atom. The lowest BCUT2D eigenvalue weighted by molar-refractivity contribution is -0.182. The van der Waals surface area contributed by atoms with E-state index in [0.29, 0.717) is 37.7 Å². The Hall–Kier alpha value is -2.05. The van der Waals surface area contributed by atoms with Gasteiger partial charge in [0.25, 0.3) is 0 Å². The Bertz CT molecular complexity index is 1100. The van der Waals surface area contributed by atoms with E-state index in [1.54, 1.807) is 0 Å². The average Bonchev–Trinajstić information content (AvgIpc) is 3.28. The standard InChI is InChI=1S/C37H56O5/c1-7-8-9-16-32(40)30(15-11-14-26(4)13-10-12-25(2)3)31-19-21-37(35(31)41)34-28(20-22-38)17-18-29(23-36(37,6)42)33(34)27(5)24-39/h11-12,14-15,17-18,24,28-29,31-32,34-35,38,40-42H,4,7-10,13,16,19-23H2,1-3,5-6H3. The van der Waals surface area contributed by atoms with Crippen molar-refractivity contribution in [1.29, 1.82) is 0 Å². The number of carbonyl (C=O) groups excluding carboxylic acids is 1. The van der Waals surface area contributed by atoms with Crippen molar-refractivity contribution >= 4 is 6.29 Å². The lowest BCUT2D eigenvalue weighted by atomic mass is 9.46. The van der Waals surface area contributed by atoms with Gasteiger partial charge in [0.15, 0.2) is 0 Å². The maximum absolute atomic E-state index is 12.4. The minimum atomic E-state index is -1.19. The monoisotopic (exact) mass is 580 g/mol. The van der Waals surface area contributed by atoms with Gasteiger partial charge in [0.2, 0.25) is 0 Å². The molecule has 2 fully saturated rings. The number of carbonyl (C=O) groups is 1. The van der Waals surface area contributed by atoms with Gasteiger partial charge in [0.1, 0.15) is 6.29 Å². The molecule has 3 rings (SSSR count). The number of allylic oxidation sites excluding steroid dienone is 10. The SMILES string of the molecule is C=C(C=CC=C(C(O)CCCCC)C1CCC2(C1O)C1C(=C(C)C=O)C(C=CC1CCO)CC2(C)O)CCC=C(C)C. The van der Waals surface area contributed by atoms with Gasteiger partial charge in [0.05, 0.1) is 17.8 Å². The molecule has 8 unspecified atom stereocenters. The summed E-state index contributed by atoms with van der Waals surface area (Å²) in [6.45, 7) is 14.2. The third-order valence-electron chi connectivity index (χ3n) is 10.3. The average molecular weight is 581 g/mol. The molecule has 0 saturated heterocycles. The van der Waals surface area contributed by atoms with Crippen LogP contribution in [-0.2, 0) is 4.79 Å². The second-order valence-electron chi connectivity index (χ2n) is 13.5. The Balaban J connectivity index is 2.03. The number of unbranched alkanes of at least 4 members (excludes halogenated alkanes) is 2. The molecule has 2 bridgehead atoms. The van der Waals surface area contributed by atoms with Crippen LogP contribution in [0.2, 0.25) is 0 Å². The first kappa shape index (κ1) is 34.4. The van der Waals surface area contributed by atoms with Crippen LogP contribution in [0.3, 0.4) is 0 Å². The third-order valence-corrected chi connectivity index (χ3v) is 10.3. The number of rotatable bonds is 14. The highest BCUT2D eigenvalue weighted by molar-refractivity contribution is 5.74. The summed E-state index contributed by atoms with van der Waals surface area (Å²) >= 11 is 0. The number of aldehydes is 1. The van der Waals surface area contributed by atoms with Crippen molar-refractivity contribution in [2.24, 2.45) is 29.1 Å². The van der Waals surface area contributed by atoms with E-state index in [1.807, 2.05) is 32.1 Å². The van der Waals surface area contributed by atoms with Gasteiger partial charge in [-0.3, -0.25) is 4.79 Å². The van der Waals surface area contributed by atoms with E-state index >= 15 is 0 Å². The topological polar surface area (TPSA) is 98.0 Å². The van der Waals surface area contributed by atoms with Crippen molar-refractivity contribution in [3.8, 4) is 0 Å². The summed E-state index contributed by atoms with van der Waals surface area (Å²) in [5.74, 6) is -0.761. The third kappa shape index (κ3) is 7.18. The van der Waals surface area contributed by atoms with Crippen LogP contribution in [-0.4, -0.2) is 51.1 Å². The summed E-state index contributed by atoms with van der Waals surface area (Å²) in [6, 6.07) is 0. The van der Waals surface area contributed by atoms with E-state index < -0.39 is 23.2 Å². The largest absolute Gasteiger partial charge is 0.396 e. The molecule has 2 saturated carbocycles. The second-order valence-corrected chi connectivity index (χ2v) is 13.5. The maximum atomic E-state index is 12.4. The van der Waals surface area contributed by atoms with Crippen LogP contribution in [0, 0.1) is 29.1 Å². The Labute approximate surface area is 254 Å². The molecule has 42 heavy (non-hydrogen) atoms. The van der Waals surface area contributed by atoms with Crippen LogP contribution in [0.5, 0.6) is 0 Å². The van der Waals surface area contributed by atoms with Gasteiger partial charge < -0.3 is 20.4 Å². The van der Waals surface area contributed by atoms with Gasteiger partial charge in [0, 0.05) is 23.9 Å². The van der Waals surface area contributed by atoms with Gasteiger partial charge in [-0.15, -0.1) is 0 Å². The molecule has 5 heteroatoms. The summed E-state index contributed by atoms with van der Waals surface area (Å²) in [4.78, 5) is 12.1. The number of fused-ring (bicyclic) bond motifs is 3. The smallest absolute Gasteiger partial charge is 0.145 e. The summed E-state index contributed by atoms with van der Waals surface area (Å²) in [6.07, 6.45) is 19.2.